The molecule has 3 aromatic rings. The fourth-order valence-electron chi connectivity index (χ4n) is 4.67. The molecule has 0 aliphatic carbocycles. The van der Waals surface area contributed by atoms with Gasteiger partial charge in [-0.15, -0.1) is 0 Å². The summed E-state index contributed by atoms with van der Waals surface area (Å²) in [7, 11) is 4.34. The Hall–Kier alpha value is -4.58. The van der Waals surface area contributed by atoms with Gasteiger partial charge in [-0.2, -0.15) is 0 Å². The number of rotatable bonds is 12. The lowest BCUT2D eigenvalue weighted by molar-refractivity contribution is -0.132. The Kier molecular flexibility index (Phi) is 9.92. The molecule has 228 valence electrons. The summed E-state index contributed by atoms with van der Waals surface area (Å²) in [4.78, 5) is 45.7. The molecule has 1 saturated heterocycles. The third kappa shape index (κ3) is 6.14. The fraction of sp³-hybridized carbons (Fsp3) is 0.355. The third-order valence-corrected chi connectivity index (χ3v) is 7.93. The lowest BCUT2D eigenvalue weighted by Gasteiger charge is -2.24. The molecule has 1 atom stereocenters. The van der Waals surface area contributed by atoms with E-state index in [-0.39, 0.29) is 33.7 Å². The number of aromatic nitrogens is 1. The average molecular weight is 611 g/mol. The molecule has 2 heterocycles. The minimum atomic E-state index is -1.16. The van der Waals surface area contributed by atoms with Crippen LogP contribution in [0, 0.1) is 6.92 Å². The highest BCUT2D eigenvalue weighted by Gasteiger charge is 2.49. The summed E-state index contributed by atoms with van der Waals surface area (Å²) in [6.45, 7) is 6.07. The number of Topliss-reactive ketones (excluding diaryl/α,β-unsaturated/α-hetero) is 1. The molecule has 0 bridgehead atoms. The molecule has 0 spiro atoms. The number of nitrogens with zero attached hydrogens (tertiary/aromatic N) is 2. The van der Waals surface area contributed by atoms with Crippen LogP contribution in [0.15, 0.2) is 42.0 Å². The van der Waals surface area contributed by atoms with Crippen molar-refractivity contribution in [2.24, 2.45) is 0 Å². The maximum atomic E-state index is 13.7. The summed E-state index contributed by atoms with van der Waals surface area (Å²) in [6, 6.07) is 8.63. The van der Waals surface area contributed by atoms with Crippen molar-refractivity contribution in [1.29, 1.82) is 0 Å². The zero-order valence-corrected chi connectivity index (χ0v) is 25.7. The summed E-state index contributed by atoms with van der Waals surface area (Å²) in [6.07, 6.45) is 1.88. The van der Waals surface area contributed by atoms with E-state index in [0.29, 0.717) is 34.9 Å². The van der Waals surface area contributed by atoms with Crippen molar-refractivity contribution in [3.63, 3.8) is 0 Å². The molecule has 1 amide bonds. The number of aryl methyl sites for hydroxylation is 1. The molecule has 0 unspecified atom stereocenters. The Labute approximate surface area is 253 Å². The van der Waals surface area contributed by atoms with Crippen molar-refractivity contribution in [2.75, 3.05) is 39.4 Å². The number of hydrogen-bond donors (Lipinski definition) is 1. The van der Waals surface area contributed by atoms with Gasteiger partial charge in [0, 0.05) is 5.56 Å². The number of benzene rings is 2. The predicted molar refractivity (Wildman–Crippen MR) is 161 cm³/mol. The van der Waals surface area contributed by atoms with Crippen LogP contribution in [0.4, 0.5) is 5.13 Å². The number of carbonyl (C=O) groups excluding carboxylic acids is 3. The second-order valence-electron chi connectivity index (χ2n) is 9.49. The fourth-order valence-corrected chi connectivity index (χ4v) is 5.66. The van der Waals surface area contributed by atoms with Gasteiger partial charge in [-0.05, 0) is 62.2 Å². The third-order valence-electron chi connectivity index (χ3n) is 6.79. The van der Waals surface area contributed by atoms with Crippen LogP contribution in [0.25, 0.3) is 5.76 Å². The van der Waals surface area contributed by atoms with Crippen molar-refractivity contribution in [3.05, 3.63) is 63.7 Å². The summed E-state index contributed by atoms with van der Waals surface area (Å²) in [5.41, 5.74) is 0.841. The Bertz CT molecular complexity index is 1520. The van der Waals surface area contributed by atoms with Crippen LogP contribution in [0.2, 0.25) is 0 Å². The Morgan fingerprint density at radius 2 is 1.67 bits per heavy atom. The molecule has 1 aliphatic heterocycles. The standard InChI is InChI=1S/C31H34N2O9S/c1-7-9-14-42-20-12-10-18(11-13-20)25(34)23-24(19-15-21(38-4)27(40-6)22(16-19)39-5)33(29(36)26(23)35)31-32-17(3)28(43-31)30(37)41-8-2/h10-13,15-16,24,34H,7-9,14H2,1-6H3/t24-/m1/s1. The highest BCUT2D eigenvalue weighted by Crippen LogP contribution is 2.48. The molecule has 0 radical (unpaired) electrons. The van der Waals surface area contributed by atoms with Gasteiger partial charge in [0.15, 0.2) is 16.6 Å². The Balaban J connectivity index is 1.91. The molecule has 11 nitrogen and oxygen atoms in total. The van der Waals surface area contributed by atoms with Gasteiger partial charge >= 0.3 is 11.9 Å². The van der Waals surface area contributed by atoms with Crippen molar-refractivity contribution < 1.29 is 43.2 Å². The van der Waals surface area contributed by atoms with Gasteiger partial charge in [-0.1, -0.05) is 24.7 Å². The lowest BCUT2D eigenvalue weighted by atomic mass is 9.94. The van der Waals surface area contributed by atoms with Crippen molar-refractivity contribution in [3.8, 4) is 23.0 Å². The maximum Gasteiger partial charge on any atom is 0.350 e. The molecule has 4 rings (SSSR count). The maximum absolute atomic E-state index is 13.7. The van der Waals surface area contributed by atoms with E-state index >= 15 is 0 Å². The number of methoxy groups -OCH3 is 3. The number of aliphatic hydroxyl groups is 1. The number of hydrogen-bond acceptors (Lipinski definition) is 11. The number of anilines is 1. The van der Waals surface area contributed by atoms with E-state index in [2.05, 4.69) is 11.9 Å². The SMILES string of the molecule is CCCCOc1ccc(C(O)=C2C(=O)C(=O)N(c3nc(C)c(C(=O)OCC)s3)[C@@H]2c2cc(OC)c(OC)c(OC)c2)cc1. The van der Waals surface area contributed by atoms with Crippen LogP contribution in [0.5, 0.6) is 23.0 Å². The van der Waals surface area contributed by atoms with E-state index in [1.165, 1.54) is 21.3 Å². The van der Waals surface area contributed by atoms with Crippen molar-refractivity contribution >= 4 is 39.9 Å². The first-order valence-corrected chi connectivity index (χ1v) is 14.5. The molecule has 12 heteroatoms. The van der Waals surface area contributed by atoms with Gasteiger partial charge in [-0.3, -0.25) is 14.5 Å². The first kappa shape index (κ1) is 31.4. The average Bonchev–Trinajstić information content (AvgIpc) is 3.52. The second kappa shape index (κ2) is 13.6. The molecule has 2 aromatic carbocycles. The highest BCUT2D eigenvalue weighted by atomic mass is 32.1. The van der Waals surface area contributed by atoms with Gasteiger partial charge in [0.25, 0.3) is 5.78 Å². The zero-order valence-electron chi connectivity index (χ0n) is 24.9. The van der Waals surface area contributed by atoms with E-state index in [1.807, 2.05) is 0 Å². The Morgan fingerprint density at radius 1 is 1.02 bits per heavy atom. The molecule has 1 aliphatic rings. The largest absolute Gasteiger partial charge is 0.507 e. The number of thiazole rings is 1. The zero-order chi connectivity index (χ0) is 31.3. The summed E-state index contributed by atoms with van der Waals surface area (Å²) in [5.74, 6) is -1.37. The number of unbranched alkanes of at least 4 members (excludes halogenated alkanes) is 1. The molecule has 1 N–H and O–H groups in total. The van der Waals surface area contributed by atoms with Crippen molar-refractivity contribution in [2.45, 2.75) is 39.7 Å². The van der Waals surface area contributed by atoms with E-state index in [9.17, 15) is 19.5 Å². The quantitative estimate of drug-likeness (QED) is 0.0926. The first-order valence-electron chi connectivity index (χ1n) is 13.7. The van der Waals surface area contributed by atoms with Crippen LogP contribution < -0.4 is 23.8 Å². The van der Waals surface area contributed by atoms with E-state index in [4.69, 9.17) is 23.7 Å². The van der Waals surface area contributed by atoms with Crippen molar-refractivity contribution in [1.82, 2.24) is 4.98 Å². The lowest BCUT2D eigenvalue weighted by Crippen LogP contribution is -2.29. The van der Waals surface area contributed by atoms with E-state index in [1.54, 1.807) is 50.2 Å². The molecular weight excluding hydrogens is 576 g/mol. The van der Waals surface area contributed by atoms with Gasteiger partial charge in [0.1, 0.15) is 16.4 Å². The van der Waals surface area contributed by atoms with Crippen LogP contribution in [0.3, 0.4) is 0 Å². The minimum absolute atomic E-state index is 0.0835. The number of aliphatic hydroxyl groups excluding tert-OH is 1. The molecular formula is C31H34N2O9S. The predicted octanol–water partition coefficient (Wildman–Crippen LogP) is 5.46. The number of esters is 1. The van der Waals surface area contributed by atoms with Gasteiger partial charge in [0.2, 0.25) is 5.75 Å². The number of ketones is 1. The smallest absolute Gasteiger partial charge is 0.350 e. The monoisotopic (exact) mass is 610 g/mol. The van der Waals surface area contributed by atoms with Crippen LogP contribution in [-0.2, 0) is 14.3 Å². The number of carbonyl (C=O) groups is 3. The summed E-state index contributed by atoms with van der Waals surface area (Å²) in [5, 5.41) is 11.6. The number of ether oxygens (including phenoxy) is 5. The van der Waals surface area contributed by atoms with Gasteiger partial charge in [0.05, 0.1) is 51.9 Å². The normalized spacial score (nSPS) is 15.9. The van der Waals surface area contributed by atoms with Gasteiger partial charge in [-0.25, -0.2) is 9.78 Å². The highest BCUT2D eigenvalue weighted by molar-refractivity contribution is 7.17. The molecule has 43 heavy (non-hydrogen) atoms. The minimum Gasteiger partial charge on any atom is -0.507 e. The molecule has 0 saturated carbocycles. The second-order valence-corrected chi connectivity index (χ2v) is 10.5. The molecule has 1 fully saturated rings. The molecule has 1 aromatic heterocycles. The summed E-state index contributed by atoms with van der Waals surface area (Å²) < 4.78 is 27.4. The van der Waals surface area contributed by atoms with E-state index < -0.39 is 29.5 Å². The summed E-state index contributed by atoms with van der Waals surface area (Å²) >= 11 is 0.917. The van der Waals surface area contributed by atoms with Crippen LogP contribution in [0.1, 0.15) is 59.2 Å². The van der Waals surface area contributed by atoms with Crippen LogP contribution in [-0.4, -0.2) is 62.3 Å². The number of amides is 1. The Morgan fingerprint density at radius 3 is 2.23 bits per heavy atom. The van der Waals surface area contributed by atoms with Crippen LogP contribution >= 0.6 is 11.3 Å². The van der Waals surface area contributed by atoms with E-state index in [0.717, 1.165) is 29.1 Å². The van der Waals surface area contributed by atoms with Gasteiger partial charge < -0.3 is 28.8 Å². The first-order chi connectivity index (χ1) is 20.7. The topological polar surface area (TPSA) is 134 Å².